The third-order valence-corrected chi connectivity index (χ3v) is 4.32. The van der Waals surface area contributed by atoms with Crippen molar-refractivity contribution in [3.63, 3.8) is 0 Å². The number of carbonyl (C=O) groups is 1. The second-order valence-electron chi connectivity index (χ2n) is 5.67. The highest BCUT2D eigenvalue weighted by atomic mass is 35.5. The molecule has 3 heterocycles. The Bertz CT molecular complexity index is 646. The fourth-order valence-electron chi connectivity index (χ4n) is 2.78. The molecule has 0 bridgehead atoms. The summed E-state index contributed by atoms with van der Waals surface area (Å²) in [6, 6.07) is 3.36. The first kappa shape index (κ1) is 19.3. The molecule has 8 heteroatoms. The number of hydrogen-bond donors (Lipinski definition) is 1. The van der Waals surface area contributed by atoms with E-state index in [1.807, 2.05) is 20.8 Å². The standard InChI is InChI=1S/C15H19ClN6O.C2H6/c1-11(15(23)20-14-5-4-12(16)9-17-14)21-8-2-3-13(10-21)22-18-6-7-19-22;1-2/h4-7,9,11,13H,2-3,8,10H2,1H3,(H,17,20,23);1-2H3. The molecule has 7 nitrogen and oxygen atoms in total. The summed E-state index contributed by atoms with van der Waals surface area (Å²) < 4.78 is 0. The molecule has 1 saturated heterocycles. The molecular formula is C17H25ClN6O. The number of anilines is 1. The molecule has 1 amide bonds. The minimum Gasteiger partial charge on any atom is -0.309 e. The lowest BCUT2D eigenvalue weighted by atomic mass is 10.0. The van der Waals surface area contributed by atoms with Gasteiger partial charge in [0.2, 0.25) is 5.91 Å². The molecule has 0 aromatic carbocycles. The van der Waals surface area contributed by atoms with Crippen molar-refractivity contribution in [3.8, 4) is 0 Å². The van der Waals surface area contributed by atoms with Crippen molar-refractivity contribution in [2.75, 3.05) is 18.4 Å². The van der Waals surface area contributed by atoms with Gasteiger partial charge in [-0.05, 0) is 38.4 Å². The maximum atomic E-state index is 12.4. The summed E-state index contributed by atoms with van der Waals surface area (Å²) in [5, 5.41) is 11.8. The van der Waals surface area contributed by atoms with Crippen LogP contribution in [0.5, 0.6) is 0 Å². The van der Waals surface area contributed by atoms with Crippen LogP contribution in [0.25, 0.3) is 0 Å². The van der Waals surface area contributed by atoms with E-state index < -0.39 is 0 Å². The third-order valence-electron chi connectivity index (χ3n) is 4.10. The van der Waals surface area contributed by atoms with Crippen LogP contribution >= 0.6 is 11.6 Å². The summed E-state index contributed by atoms with van der Waals surface area (Å²) in [6.07, 6.45) is 6.92. The highest BCUT2D eigenvalue weighted by molar-refractivity contribution is 6.30. The molecule has 1 aliphatic heterocycles. The number of carbonyl (C=O) groups excluding carboxylic acids is 1. The smallest absolute Gasteiger partial charge is 0.242 e. The van der Waals surface area contributed by atoms with E-state index in [-0.39, 0.29) is 18.0 Å². The van der Waals surface area contributed by atoms with Crippen LogP contribution in [0.2, 0.25) is 5.02 Å². The van der Waals surface area contributed by atoms with Gasteiger partial charge in [0.15, 0.2) is 0 Å². The SMILES string of the molecule is CC.CC(C(=O)Nc1ccc(Cl)cn1)N1CCCC(n2nccn2)C1. The predicted octanol–water partition coefficient (Wildman–Crippen LogP) is 3.02. The Morgan fingerprint density at radius 3 is 2.68 bits per heavy atom. The second kappa shape index (κ2) is 9.48. The van der Waals surface area contributed by atoms with E-state index in [1.54, 1.807) is 29.3 Å². The van der Waals surface area contributed by atoms with Crippen LogP contribution in [0.15, 0.2) is 30.7 Å². The zero-order valence-electron chi connectivity index (χ0n) is 14.9. The van der Waals surface area contributed by atoms with Gasteiger partial charge in [0.05, 0.1) is 29.5 Å². The van der Waals surface area contributed by atoms with Crippen LogP contribution in [0.1, 0.15) is 39.7 Å². The van der Waals surface area contributed by atoms with Gasteiger partial charge >= 0.3 is 0 Å². The van der Waals surface area contributed by atoms with Crippen LogP contribution in [0, 0.1) is 0 Å². The molecule has 0 aliphatic carbocycles. The van der Waals surface area contributed by atoms with Gasteiger partial charge in [0, 0.05) is 12.7 Å². The molecule has 1 aliphatic rings. The fourth-order valence-corrected chi connectivity index (χ4v) is 2.90. The monoisotopic (exact) mass is 364 g/mol. The minimum absolute atomic E-state index is 0.0751. The summed E-state index contributed by atoms with van der Waals surface area (Å²) in [5.74, 6) is 0.433. The van der Waals surface area contributed by atoms with Crippen LogP contribution in [0.3, 0.4) is 0 Å². The molecule has 0 radical (unpaired) electrons. The van der Waals surface area contributed by atoms with E-state index in [4.69, 9.17) is 11.6 Å². The fraction of sp³-hybridized carbons (Fsp3) is 0.529. The van der Waals surface area contributed by atoms with Gasteiger partial charge in [0.1, 0.15) is 5.82 Å². The normalized spacial score (nSPS) is 18.8. The number of hydrogen-bond acceptors (Lipinski definition) is 5. The number of piperidine rings is 1. The molecule has 3 rings (SSSR count). The number of pyridine rings is 1. The van der Waals surface area contributed by atoms with E-state index in [0.29, 0.717) is 10.8 Å². The van der Waals surface area contributed by atoms with Crippen LogP contribution in [0.4, 0.5) is 5.82 Å². The summed E-state index contributed by atoms with van der Waals surface area (Å²) in [7, 11) is 0. The minimum atomic E-state index is -0.245. The molecule has 1 N–H and O–H groups in total. The largest absolute Gasteiger partial charge is 0.309 e. The lowest BCUT2D eigenvalue weighted by Crippen LogP contribution is -2.47. The number of amides is 1. The van der Waals surface area contributed by atoms with Gasteiger partial charge in [-0.25, -0.2) is 4.98 Å². The first-order valence-corrected chi connectivity index (χ1v) is 9.03. The summed E-state index contributed by atoms with van der Waals surface area (Å²) in [4.78, 5) is 20.4. The van der Waals surface area contributed by atoms with Crippen LogP contribution in [-0.4, -0.2) is 49.9 Å². The zero-order valence-corrected chi connectivity index (χ0v) is 15.6. The Hall–Kier alpha value is -1.99. The van der Waals surface area contributed by atoms with Crippen molar-refractivity contribution in [1.82, 2.24) is 24.9 Å². The van der Waals surface area contributed by atoms with Crippen molar-refractivity contribution in [2.45, 2.75) is 45.7 Å². The first-order chi connectivity index (χ1) is 12.1. The van der Waals surface area contributed by atoms with E-state index >= 15 is 0 Å². The number of halogens is 1. The average molecular weight is 365 g/mol. The Morgan fingerprint density at radius 1 is 1.32 bits per heavy atom. The number of aromatic nitrogens is 4. The van der Waals surface area contributed by atoms with Crippen molar-refractivity contribution >= 4 is 23.3 Å². The number of likely N-dealkylation sites (tertiary alicyclic amines) is 1. The van der Waals surface area contributed by atoms with E-state index in [2.05, 4.69) is 25.4 Å². The molecule has 25 heavy (non-hydrogen) atoms. The molecular weight excluding hydrogens is 340 g/mol. The topological polar surface area (TPSA) is 75.9 Å². The van der Waals surface area contributed by atoms with Gasteiger partial charge in [-0.3, -0.25) is 9.69 Å². The highest BCUT2D eigenvalue weighted by Crippen LogP contribution is 2.22. The maximum absolute atomic E-state index is 12.4. The number of rotatable bonds is 4. The Labute approximate surface area is 153 Å². The van der Waals surface area contributed by atoms with E-state index in [1.165, 1.54) is 6.20 Å². The van der Waals surface area contributed by atoms with Crippen LogP contribution < -0.4 is 5.32 Å². The Balaban J connectivity index is 0.00000109. The van der Waals surface area contributed by atoms with Gasteiger partial charge in [-0.2, -0.15) is 15.0 Å². The van der Waals surface area contributed by atoms with Gasteiger partial charge in [-0.15, -0.1) is 0 Å². The molecule has 2 unspecified atom stereocenters. The van der Waals surface area contributed by atoms with Crippen molar-refractivity contribution in [3.05, 3.63) is 35.7 Å². The third kappa shape index (κ3) is 5.24. The quantitative estimate of drug-likeness (QED) is 0.902. The molecule has 136 valence electrons. The maximum Gasteiger partial charge on any atom is 0.242 e. The lowest BCUT2D eigenvalue weighted by Gasteiger charge is -2.35. The van der Waals surface area contributed by atoms with Gasteiger partial charge < -0.3 is 5.32 Å². The van der Waals surface area contributed by atoms with E-state index in [9.17, 15) is 4.79 Å². The highest BCUT2D eigenvalue weighted by Gasteiger charge is 2.29. The molecule has 2 aromatic rings. The van der Waals surface area contributed by atoms with Crippen LogP contribution in [-0.2, 0) is 4.79 Å². The van der Waals surface area contributed by atoms with Gasteiger partial charge in [-0.1, -0.05) is 25.4 Å². The predicted molar refractivity (Wildman–Crippen MR) is 98.6 cm³/mol. The first-order valence-electron chi connectivity index (χ1n) is 8.66. The summed E-state index contributed by atoms with van der Waals surface area (Å²) >= 11 is 5.80. The van der Waals surface area contributed by atoms with E-state index in [0.717, 1.165) is 25.9 Å². The van der Waals surface area contributed by atoms with Crippen molar-refractivity contribution in [2.24, 2.45) is 0 Å². The summed E-state index contributed by atoms with van der Waals surface area (Å²) in [5.41, 5.74) is 0. The molecule has 0 spiro atoms. The second-order valence-corrected chi connectivity index (χ2v) is 6.10. The van der Waals surface area contributed by atoms with Crippen molar-refractivity contribution < 1.29 is 4.79 Å². The number of nitrogens with one attached hydrogen (secondary N) is 1. The summed E-state index contributed by atoms with van der Waals surface area (Å²) in [6.45, 7) is 7.56. The Morgan fingerprint density at radius 2 is 2.04 bits per heavy atom. The molecule has 2 atom stereocenters. The number of nitrogens with zero attached hydrogens (tertiary/aromatic N) is 5. The van der Waals surface area contributed by atoms with Crippen molar-refractivity contribution in [1.29, 1.82) is 0 Å². The van der Waals surface area contributed by atoms with Gasteiger partial charge in [0.25, 0.3) is 0 Å². The molecule has 1 fully saturated rings. The zero-order chi connectivity index (χ0) is 18.2. The molecule has 2 aromatic heterocycles. The molecule has 0 saturated carbocycles. The Kier molecular flexibility index (Phi) is 7.33. The average Bonchev–Trinajstić information content (AvgIpc) is 3.19. The lowest BCUT2D eigenvalue weighted by molar-refractivity contribution is -0.121.